The van der Waals surface area contributed by atoms with Gasteiger partial charge in [0.15, 0.2) is 0 Å². The number of halogens is 1. The van der Waals surface area contributed by atoms with E-state index in [-0.39, 0.29) is 0 Å². The first-order valence-electron chi connectivity index (χ1n) is 6.25. The molecule has 0 unspecified atom stereocenters. The summed E-state index contributed by atoms with van der Waals surface area (Å²) in [7, 11) is 0. The summed E-state index contributed by atoms with van der Waals surface area (Å²) in [6.45, 7) is 0.746. The lowest BCUT2D eigenvalue weighted by Crippen LogP contribution is -2.08. The normalized spacial score (nSPS) is 20.1. The molecule has 18 heavy (non-hydrogen) atoms. The van der Waals surface area contributed by atoms with Gasteiger partial charge in [0.1, 0.15) is 11.3 Å². The third-order valence-electron chi connectivity index (χ3n) is 3.60. The average molecular weight is 264 g/mol. The van der Waals surface area contributed by atoms with Crippen molar-refractivity contribution in [3.63, 3.8) is 0 Å². The Balaban J connectivity index is 1.89. The standard InChI is InChI=1S/C14H14ClNO2/c15-11-3-4-13(18-8-10-1-2-10)12(7-11)14(5-6-14)16-9-17/h3-4,7,10H,1-2,5-6,8H2. The highest BCUT2D eigenvalue weighted by Crippen LogP contribution is 2.53. The van der Waals surface area contributed by atoms with Crippen molar-refractivity contribution in [2.45, 2.75) is 31.2 Å². The first-order valence-corrected chi connectivity index (χ1v) is 6.63. The van der Waals surface area contributed by atoms with E-state index >= 15 is 0 Å². The van der Waals surface area contributed by atoms with Gasteiger partial charge in [0.25, 0.3) is 0 Å². The van der Waals surface area contributed by atoms with Gasteiger partial charge in [-0.15, -0.1) is 0 Å². The molecule has 0 saturated heterocycles. The molecule has 2 aliphatic carbocycles. The molecule has 0 aliphatic heterocycles. The fourth-order valence-electron chi connectivity index (χ4n) is 2.13. The van der Waals surface area contributed by atoms with Crippen LogP contribution in [0.15, 0.2) is 23.2 Å². The van der Waals surface area contributed by atoms with Crippen LogP contribution in [0.2, 0.25) is 5.02 Å². The quantitative estimate of drug-likeness (QED) is 0.603. The molecule has 2 fully saturated rings. The number of isocyanates is 1. The Morgan fingerprint density at radius 1 is 1.44 bits per heavy atom. The van der Waals surface area contributed by atoms with Crippen molar-refractivity contribution in [3.8, 4) is 5.75 Å². The maximum Gasteiger partial charge on any atom is 0.235 e. The van der Waals surface area contributed by atoms with Gasteiger partial charge in [0, 0.05) is 10.6 Å². The van der Waals surface area contributed by atoms with Crippen LogP contribution >= 0.6 is 11.6 Å². The number of hydrogen-bond donors (Lipinski definition) is 0. The zero-order chi connectivity index (χ0) is 12.6. The number of aliphatic imine (C=N–C) groups is 1. The second-order valence-electron chi connectivity index (χ2n) is 5.13. The smallest absolute Gasteiger partial charge is 0.235 e. The van der Waals surface area contributed by atoms with E-state index in [1.54, 1.807) is 6.08 Å². The van der Waals surface area contributed by atoms with E-state index in [0.717, 1.165) is 30.8 Å². The molecule has 1 aromatic rings. The van der Waals surface area contributed by atoms with Crippen LogP contribution < -0.4 is 4.74 Å². The van der Waals surface area contributed by atoms with Gasteiger partial charge in [-0.05, 0) is 49.8 Å². The van der Waals surface area contributed by atoms with Crippen LogP contribution in [0.4, 0.5) is 0 Å². The van der Waals surface area contributed by atoms with E-state index in [9.17, 15) is 4.79 Å². The lowest BCUT2D eigenvalue weighted by molar-refractivity contribution is 0.294. The van der Waals surface area contributed by atoms with E-state index in [1.165, 1.54) is 12.8 Å². The summed E-state index contributed by atoms with van der Waals surface area (Å²) in [6, 6.07) is 5.55. The minimum atomic E-state index is -0.425. The predicted molar refractivity (Wildman–Crippen MR) is 68.7 cm³/mol. The number of ether oxygens (including phenoxy) is 1. The van der Waals surface area contributed by atoms with Gasteiger partial charge in [0.2, 0.25) is 6.08 Å². The van der Waals surface area contributed by atoms with Crippen LogP contribution in [-0.2, 0) is 10.3 Å². The van der Waals surface area contributed by atoms with Crippen molar-refractivity contribution in [1.82, 2.24) is 0 Å². The van der Waals surface area contributed by atoms with Crippen molar-refractivity contribution in [2.24, 2.45) is 10.9 Å². The number of carbonyl (C=O) groups excluding carboxylic acids is 1. The SMILES string of the molecule is O=C=NC1(c2cc(Cl)ccc2OCC2CC2)CC1. The van der Waals surface area contributed by atoms with Crippen molar-refractivity contribution >= 4 is 17.7 Å². The van der Waals surface area contributed by atoms with Crippen LogP contribution in [-0.4, -0.2) is 12.7 Å². The van der Waals surface area contributed by atoms with Crippen LogP contribution in [0.1, 0.15) is 31.2 Å². The summed E-state index contributed by atoms with van der Waals surface area (Å²) >= 11 is 6.03. The highest BCUT2D eigenvalue weighted by atomic mass is 35.5. The lowest BCUT2D eigenvalue weighted by Gasteiger charge is -2.15. The van der Waals surface area contributed by atoms with Crippen LogP contribution in [0, 0.1) is 5.92 Å². The molecule has 2 aliphatic rings. The first-order chi connectivity index (χ1) is 8.73. The molecule has 0 heterocycles. The molecule has 0 atom stereocenters. The number of nitrogens with zero attached hydrogens (tertiary/aromatic N) is 1. The molecular formula is C14H14ClNO2. The van der Waals surface area contributed by atoms with Crippen molar-refractivity contribution in [2.75, 3.05) is 6.61 Å². The van der Waals surface area contributed by atoms with E-state index < -0.39 is 5.54 Å². The number of rotatable bonds is 5. The Kier molecular flexibility index (Phi) is 2.89. The molecule has 94 valence electrons. The molecular weight excluding hydrogens is 250 g/mol. The van der Waals surface area contributed by atoms with Gasteiger partial charge in [-0.1, -0.05) is 11.6 Å². The van der Waals surface area contributed by atoms with E-state index in [2.05, 4.69) is 4.99 Å². The van der Waals surface area contributed by atoms with E-state index in [1.807, 2.05) is 18.2 Å². The molecule has 0 amide bonds. The van der Waals surface area contributed by atoms with Gasteiger partial charge in [0.05, 0.1) is 6.61 Å². The average Bonchev–Trinajstić information content (AvgIpc) is 3.24. The Bertz CT molecular complexity index is 515. The highest BCUT2D eigenvalue weighted by Gasteiger charge is 2.47. The zero-order valence-electron chi connectivity index (χ0n) is 9.99. The van der Waals surface area contributed by atoms with Gasteiger partial charge in [-0.25, -0.2) is 4.79 Å². The molecule has 1 aromatic carbocycles. The minimum absolute atomic E-state index is 0.425. The molecule has 0 bridgehead atoms. The number of hydrogen-bond acceptors (Lipinski definition) is 3. The van der Waals surface area contributed by atoms with Gasteiger partial charge >= 0.3 is 0 Å². The Morgan fingerprint density at radius 2 is 2.22 bits per heavy atom. The van der Waals surface area contributed by atoms with Crippen molar-refractivity contribution in [1.29, 1.82) is 0 Å². The summed E-state index contributed by atoms with van der Waals surface area (Å²) in [6.07, 6.45) is 5.90. The monoisotopic (exact) mass is 263 g/mol. The van der Waals surface area contributed by atoms with Gasteiger partial charge in [-0.3, -0.25) is 0 Å². The number of benzene rings is 1. The summed E-state index contributed by atoms with van der Waals surface area (Å²) in [4.78, 5) is 14.5. The Hall–Kier alpha value is -1.31. The van der Waals surface area contributed by atoms with Crippen LogP contribution in [0.5, 0.6) is 5.75 Å². The fourth-order valence-corrected chi connectivity index (χ4v) is 2.30. The second-order valence-corrected chi connectivity index (χ2v) is 5.57. The molecule has 3 nitrogen and oxygen atoms in total. The van der Waals surface area contributed by atoms with Crippen molar-refractivity contribution < 1.29 is 9.53 Å². The zero-order valence-corrected chi connectivity index (χ0v) is 10.7. The second kappa shape index (κ2) is 4.42. The van der Waals surface area contributed by atoms with Crippen molar-refractivity contribution in [3.05, 3.63) is 28.8 Å². The third-order valence-corrected chi connectivity index (χ3v) is 3.83. The Morgan fingerprint density at radius 3 is 2.83 bits per heavy atom. The molecule has 2 saturated carbocycles. The molecule has 4 heteroatoms. The molecule has 0 N–H and O–H groups in total. The maximum absolute atomic E-state index is 10.5. The predicted octanol–water partition coefficient (Wildman–Crippen LogP) is 3.45. The molecule has 0 radical (unpaired) electrons. The van der Waals surface area contributed by atoms with E-state index in [4.69, 9.17) is 16.3 Å². The molecule has 0 spiro atoms. The largest absolute Gasteiger partial charge is 0.493 e. The highest BCUT2D eigenvalue weighted by molar-refractivity contribution is 6.30. The van der Waals surface area contributed by atoms with Crippen LogP contribution in [0.3, 0.4) is 0 Å². The fraction of sp³-hybridized carbons (Fsp3) is 0.500. The topological polar surface area (TPSA) is 38.7 Å². The minimum Gasteiger partial charge on any atom is -0.493 e. The third kappa shape index (κ3) is 2.29. The van der Waals surface area contributed by atoms with Gasteiger partial charge in [-0.2, -0.15) is 4.99 Å². The van der Waals surface area contributed by atoms with E-state index in [0.29, 0.717) is 10.9 Å². The first kappa shape index (κ1) is 11.8. The molecule has 0 aromatic heterocycles. The summed E-state index contributed by atoms with van der Waals surface area (Å²) in [5, 5.41) is 0.649. The molecule has 3 rings (SSSR count). The summed E-state index contributed by atoms with van der Waals surface area (Å²) < 4.78 is 5.84. The Labute approximate surface area is 111 Å². The van der Waals surface area contributed by atoms with Crippen LogP contribution in [0.25, 0.3) is 0 Å². The summed E-state index contributed by atoms with van der Waals surface area (Å²) in [5.74, 6) is 1.50. The lowest BCUT2D eigenvalue weighted by atomic mass is 10.0. The van der Waals surface area contributed by atoms with Gasteiger partial charge < -0.3 is 4.74 Å². The maximum atomic E-state index is 10.5. The summed E-state index contributed by atoms with van der Waals surface area (Å²) in [5.41, 5.74) is 0.505.